The first-order valence-electron chi connectivity index (χ1n) is 9.29. The van der Waals surface area contributed by atoms with E-state index in [1.54, 1.807) is 24.5 Å². The van der Waals surface area contributed by atoms with Gasteiger partial charge in [-0.15, -0.1) is 17.0 Å². The highest BCUT2D eigenvalue weighted by molar-refractivity contribution is 8.93. The Morgan fingerprint density at radius 3 is 1.38 bits per heavy atom. The van der Waals surface area contributed by atoms with Crippen LogP contribution >= 0.6 is 24.2 Å². The molecule has 29 heavy (non-hydrogen) atoms. The second kappa shape index (κ2) is 9.73. The molecule has 0 atom stereocenters. The fourth-order valence-electron chi connectivity index (χ4n) is 3.61. The van der Waals surface area contributed by atoms with Gasteiger partial charge in [0.15, 0.2) is 0 Å². The first-order valence-corrected chi connectivity index (χ1v) is 11.3. The Bertz CT molecular complexity index is 945. The highest BCUT2D eigenvalue weighted by atomic mass is 79.9. The summed E-state index contributed by atoms with van der Waals surface area (Å²) < 4.78 is 0. The largest absolute Gasteiger partial charge is 0.290 e. The van der Waals surface area contributed by atoms with Crippen molar-refractivity contribution in [1.82, 2.24) is 4.98 Å². The molecule has 0 aliphatic heterocycles. The third kappa shape index (κ3) is 4.37. The molecule has 4 aromatic rings. The van der Waals surface area contributed by atoms with Crippen molar-refractivity contribution in [3.63, 3.8) is 0 Å². The number of hydrogen-bond acceptors (Lipinski definition) is 2. The predicted molar refractivity (Wildman–Crippen MR) is 129 cm³/mol. The molecule has 0 aliphatic carbocycles. The molecule has 3 aromatic carbocycles. The van der Waals surface area contributed by atoms with Crippen molar-refractivity contribution in [2.24, 2.45) is 0 Å². The van der Waals surface area contributed by atoms with E-state index in [0.717, 1.165) is 0 Å². The number of rotatable bonds is 6. The van der Waals surface area contributed by atoms with E-state index in [1.165, 1.54) is 15.9 Å². The molecule has 4 rings (SSSR count). The second-order valence-corrected chi connectivity index (χ2v) is 10.1. The molecule has 4 heteroatoms. The molecule has 0 amide bonds. The summed E-state index contributed by atoms with van der Waals surface area (Å²) in [4.78, 5) is 17.4. The van der Waals surface area contributed by atoms with Crippen LogP contribution in [-0.4, -0.2) is 16.9 Å². The maximum Gasteiger partial charge on any atom is 0.201 e. The van der Waals surface area contributed by atoms with Crippen molar-refractivity contribution in [3.8, 4) is 0 Å². The number of ketones is 1. The summed E-state index contributed by atoms with van der Waals surface area (Å²) in [7, 11) is -2.14. The number of carbonyl (C=O) groups excluding carboxylic acids is 1. The number of nitrogens with zero attached hydrogens (tertiary/aromatic N) is 1. The topological polar surface area (TPSA) is 30.0 Å². The van der Waals surface area contributed by atoms with Crippen LogP contribution in [0.1, 0.15) is 10.4 Å². The lowest BCUT2D eigenvalue weighted by Crippen LogP contribution is -2.35. The maximum absolute atomic E-state index is 13.4. The summed E-state index contributed by atoms with van der Waals surface area (Å²) in [6, 6.07) is 35.0. The molecular formula is C25H22BrNOP+. The van der Waals surface area contributed by atoms with E-state index in [4.69, 9.17) is 0 Å². The number of benzene rings is 3. The van der Waals surface area contributed by atoms with Gasteiger partial charge >= 0.3 is 0 Å². The van der Waals surface area contributed by atoms with Crippen molar-refractivity contribution in [2.45, 2.75) is 0 Å². The van der Waals surface area contributed by atoms with Gasteiger partial charge in [0.05, 0.1) is 0 Å². The number of Topliss-reactive ketones (excluding diaryl/α,β-unsaturated/α-hetero) is 1. The van der Waals surface area contributed by atoms with Gasteiger partial charge < -0.3 is 0 Å². The minimum absolute atomic E-state index is 0. The maximum atomic E-state index is 13.4. The zero-order valence-electron chi connectivity index (χ0n) is 15.9. The molecule has 0 aliphatic rings. The van der Waals surface area contributed by atoms with Gasteiger partial charge in [0.1, 0.15) is 29.3 Å². The van der Waals surface area contributed by atoms with Crippen LogP contribution in [0, 0.1) is 0 Å². The molecule has 1 heterocycles. The molecular weight excluding hydrogens is 441 g/mol. The fraction of sp³-hybridized carbons (Fsp3) is 0.0400. The molecule has 144 valence electrons. The average molecular weight is 463 g/mol. The van der Waals surface area contributed by atoms with Gasteiger partial charge in [0.2, 0.25) is 5.78 Å². The van der Waals surface area contributed by atoms with Gasteiger partial charge in [-0.1, -0.05) is 54.6 Å². The van der Waals surface area contributed by atoms with Gasteiger partial charge in [-0.25, -0.2) is 0 Å². The lowest BCUT2D eigenvalue weighted by Gasteiger charge is -2.27. The smallest absolute Gasteiger partial charge is 0.201 e. The Morgan fingerprint density at radius 1 is 0.621 bits per heavy atom. The van der Waals surface area contributed by atoms with Crippen LogP contribution in [0.3, 0.4) is 0 Å². The van der Waals surface area contributed by atoms with Crippen molar-refractivity contribution < 1.29 is 4.79 Å². The molecule has 0 saturated carbocycles. The summed E-state index contributed by atoms with van der Waals surface area (Å²) in [6.45, 7) is 0. The minimum atomic E-state index is -2.14. The lowest BCUT2D eigenvalue weighted by atomic mass is 10.2. The standard InChI is InChI=1S/C25H21NOP.BrH/c27-25(21-16-18-26-19-17-21)20-28(22-10-4-1-5-11-22,23-12-6-2-7-13-23)24-14-8-3-9-15-24;/h1-19H,20H2;1H/q+1;. The molecule has 0 radical (unpaired) electrons. The fourth-order valence-corrected chi connectivity index (χ4v) is 7.71. The zero-order valence-corrected chi connectivity index (χ0v) is 18.5. The Hall–Kier alpha value is -2.61. The van der Waals surface area contributed by atoms with E-state index in [0.29, 0.717) is 11.7 Å². The third-order valence-corrected chi connectivity index (χ3v) is 9.27. The van der Waals surface area contributed by atoms with Crippen LogP contribution in [0.25, 0.3) is 0 Å². The van der Waals surface area contributed by atoms with E-state index in [1.807, 2.05) is 18.2 Å². The van der Waals surface area contributed by atoms with Crippen LogP contribution in [-0.2, 0) is 0 Å². The van der Waals surface area contributed by atoms with Gasteiger partial charge in [-0.2, -0.15) is 0 Å². The minimum Gasteiger partial charge on any atom is -0.290 e. The number of hydrogen-bond donors (Lipinski definition) is 0. The van der Waals surface area contributed by atoms with Gasteiger partial charge in [-0.05, 0) is 48.5 Å². The van der Waals surface area contributed by atoms with Crippen molar-refractivity contribution in [3.05, 3.63) is 121 Å². The Morgan fingerprint density at radius 2 is 1.00 bits per heavy atom. The molecule has 2 nitrogen and oxygen atoms in total. The van der Waals surface area contributed by atoms with E-state index in [9.17, 15) is 4.79 Å². The van der Waals surface area contributed by atoms with Crippen LogP contribution in [0.4, 0.5) is 0 Å². The van der Waals surface area contributed by atoms with Gasteiger partial charge in [-0.3, -0.25) is 9.78 Å². The molecule has 0 unspecified atom stereocenters. The van der Waals surface area contributed by atoms with E-state index < -0.39 is 7.26 Å². The van der Waals surface area contributed by atoms with Crippen LogP contribution in [0.2, 0.25) is 0 Å². The summed E-state index contributed by atoms with van der Waals surface area (Å²) in [5.74, 6) is 0.146. The Kier molecular flexibility index (Phi) is 7.09. The first kappa shape index (κ1) is 21.1. The second-order valence-electron chi connectivity index (χ2n) is 6.63. The van der Waals surface area contributed by atoms with Crippen molar-refractivity contribution in [1.29, 1.82) is 0 Å². The van der Waals surface area contributed by atoms with Gasteiger partial charge in [0, 0.05) is 18.0 Å². The Labute approximate surface area is 182 Å². The molecule has 0 fully saturated rings. The summed E-state index contributed by atoms with van der Waals surface area (Å²) in [5, 5.41) is 3.65. The molecule has 1 aromatic heterocycles. The Balaban J connectivity index is 0.00000240. The summed E-state index contributed by atoms with van der Waals surface area (Å²) in [6.07, 6.45) is 3.82. The van der Waals surface area contributed by atoms with Crippen LogP contribution in [0.5, 0.6) is 0 Å². The third-order valence-electron chi connectivity index (χ3n) is 4.97. The molecule has 0 spiro atoms. The van der Waals surface area contributed by atoms with Gasteiger partial charge in [0.25, 0.3) is 0 Å². The monoisotopic (exact) mass is 462 g/mol. The SMILES string of the molecule is Br.O=C(C[P+](c1ccccc1)(c1ccccc1)c1ccccc1)c1ccncc1. The van der Waals surface area contributed by atoms with Crippen molar-refractivity contribution in [2.75, 3.05) is 6.16 Å². The molecule has 0 N–H and O–H groups in total. The molecule has 0 saturated heterocycles. The summed E-state index contributed by atoms with van der Waals surface area (Å²) >= 11 is 0. The summed E-state index contributed by atoms with van der Waals surface area (Å²) in [5.41, 5.74) is 0.710. The lowest BCUT2D eigenvalue weighted by molar-refractivity contribution is 0.102. The normalized spacial score (nSPS) is 10.8. The highest BCUT2D eigenvalue weighted by Gasteiger charge is 2.47. The highest BCUT2D eigenvalue weighted by Crippen LogP contribution is 2.55. The van der Waals surface area contributed by atoms with E-state index in [-0.39, 0.29) is 22.8 Å². The van der Waals surface area contributed by atoms with Crippen LogP contribution < -0.4 is 15.9 Å². The van der Waals surface area contributed by atoms with E-state index >= 15 is 0 Å². The van der Waals surface area contributed by atoms with Crippen molar-refractivity contribution >= 4 is 45.9 Å². The number of carbonyl (C=O) groups is 1. The van der Waals surface area contributed by atoms with E-state index in [2.05, 4.69) is 77.8 Å². The number of halogens is 1. The first-order chi connectivity index (χ1) is 13.8. The quantitative estimate of drug-likeness (QED) is 0.303. The zero-order chi connectivity index (χ0) is 19.2. The molecule has 0 bridgehead atoms. The number of aromatic nitrogens is 1. The van der Waals surface area contributed by atoms with Crippen LogP contribution in [0.15, 0.2) is 116 Å². The average Bonchev–Trinajstić information content (AvgIpc) is 2.80. The predicted octanol–water partition coefficient (Wildman–Crippen LogP) is 4.84. The number of pyridine rings is 1.